The first-order valence-electron chi connectivity index (χ1n) is 11.1. The predicted molar refractivity (Wildman–Crippen MR) is 124 cm³/mol. The van der Waals surface area contributed by atoms with Crippen LogP contribution in [0.5, 0.6) is 0 Å². The molecule has 1 heterocycles. The number of amides is 1. The molecule has 0 fully saturated rings. The number of nitrogens with zero attached hydrogens (tertiary/aromatic N) is 2. The van der Waals surface area contributed by atoms with E-state index in [4.69, 9.17) is 4.74 Å². The van der Waals surface area contributed by atoms with E-state index in [2.05, 4.69) is 52.0 Å². The van der Waals surface area contributed by atoms with Gasteiger partial charge in [0.15, 0.2) is 6.61 Å². The van der Waals surface area contributed by atoms with Gasteiger partial charge in [0, 0.05) is 23.5 Å². The van der Waals surface area contributed by atoms with Crippen molar-refractivity contribution in [2.24, 2.45) is 5.92 Å². The van der Waals surface area contributed by atoms with Crippen molar-refractivity contribution in [2.45, 2.75) is 80.2 Å². The average molecular weight is 428 g/mol. The molecular formula is C25H37N3O3. The normalized spacial score (nSPS) is 11.5. The van der Waals surface area contributed by atoms with E-state index in [9.17, 15) is 9.59 Å². The monoisotopic (exact) mass is 427 g/mol. The first kappa shape index (κ1) is 24.6. The summed E-state index contributed by atoms with van der Waals surface area (Å²) in [6.07, 6.45) is 0.114. The number of carbonyl (C=O) groups is 2. The molecule has 0 aliphatic carbocycles. The van der Waals surface area contributed by atoms with Gasteiger partial charge in [0.1, 0.15) is 0 Å². The molecule has 2 aromatic rings. The molecule has 0 radical (unpaired) electrons. The van der Waals surface area contributed by atoms with Crippen LogP contribution in [0.4, 0.5) is 5.69 Å². The van der Waals surface area contributed by atoms with Crippen molar-refractivity contribution < 1.29 is 14.3 Å². The number of aromatic nitrogens is 2. The molecule has 1 aromatic carbocycles. The van der Waals surface area contributed by atoms with Crippen molar-refractivity contribution in [3.63, 3.8) is 0 Å². The molecule has 0 aliphatic rings. The van der Waals surface area contributed by atoms with Crippen molar-refractivity contribution in [3.8, 4) is 0 Å². The summed E-state index contributed by atoms with van der Waals surface area (Å²) in [6, 6.07) is 6.07. The third-order valence-corrected chi connectivity index (χ3v) is 5.39. The van der Waals surface area contributed by atoms with Crippen LogP contribution in [-0.2, 0) is 27.3 Å². The summed E-state index contributed by atoms with van der Waals surface area (Å²) < 4.78 is 7.23. The van der Waals surface area contributed by atoms with Crippen LogP contribution in [0.2, 0.25) is 0 Å². The molecule has 0 saturated heterocycles. The lowest BCUT2D eigenvalue weighted by atomic mass is 9.92. The Morgan fingerprint density at radius 1 is 1.03 bits per heavy atom. The third-order valence-electron chi connectivity index (χ3n) is 5.39. The van der Waals surface area contributed by atoms with Crippen LogP contribution in [0.3, 0.4) is 0 Å². The zero-order chi connectivity index (χ0) is 23.3. The molecule has 1 aromatic heterocycles. The predicted octanol–water partition coefficient (Wildman–Crippen LogP) is 5.13. The van der Waals surface area contributed by atoms with E-state index < -0.39 is 5.97 Å². The van der Waals surface area contributed by atoms with E-state index in [0.29, 0.717) is 5.92 Å². The topological polar surface area (TPSA) is 73.2 Å². The van der Waals surface area contributed by atoms with E-state index in [1.807, 2.05) is 36.7 Å². The number of hydrogen-bond acceptors (Lipinski definition) is 4. The van der Waals surface area contributed by atoms with Crippen LogP contribution < -0.4 is 5.32 Å². The molecule has 0 bridgehead atoms. The van der Waals surface area contributed by atoms with Crippen LogP contribution in [0.15, 0.2) is 18.2 Å². The number of benzene rings is 1. The van der Waals surface area contributed by atoms with Crippen LogP contribution in [-0.4, -0.2) is 28.3 Å². The van der Waals surface area contributed by atoms with E-state index in [1.165, 1.54) is 0 Å². The highest BCUT2D eigenvalue weighted by atomic mass is 16.5. The second-order valence-corrected chi connectivity index (χ2v) is 9.23. The Labute approximate surface area is 186 Å². The number of hydrogen-bond donors (Lipinski definition) is 1. The lowest BCUT2D eigenvalue weighted by Crippen LogP contribution is -2.23. The standard InChI is InChI=1S/C25H37N3O3/c1-15(2)13-28-19(8)22(18(7)27-28)12-24(30)31-14-23(29)26-25-20(16(3)4)10-9-11-21(25)17(5)6/h9-11,15-17H,12-14H2,1-8H3,(H,26,29). The lowest BCUT2D eigenvalue weighted by Gasteiger charge is -2.20. The lowest BCUT2D eigenvalue weighted by molar-refractivity contribution is -0.146. The van der Waals surface area contributed by atoms with Gasteiger partial charge < -0.3 is 10.1 Å². The molecule has 1 N–H and O–H groups in total. The quantitative estimate of drug-likeness (QED) is 0.563. The molecule has 0 saturated carbocycles. The summed E-state index contributed by atoms with van der Waals surface area (Å²) in [5, 5.41) is 7.51. The maximum Gasteiger partial charge on any atom is 0.310 e. The van der Waals surface area contributed by atoms with Crippen LogP contribution in [0.1, 0.15) is 81.5 Å². The number of rotatable bonds is 9. The summed E-state index contributed by atoms with van der Waals surface area (Å²) in [5.74, 6) is 0.250. The average Bonchev–Trinajstić information content (AvgIpc) is 2.93. The highest BCUT2D eigenvalue weighted by Crippen LogP contribution is 2.32. The minimum atomic E-state index is -0.424. The molecule has 170 valence electrons. The fraction of sp³-hybridized carbons (Fsp3) is 0.560. The number of anilines is 1. The van der Waals surface area contributed by atoms with Crippen molar-refractivity contribution in [1.29, 1.82) is 0 Å². The van der Waals surface area contributed by atoms with E-state index in [1.54, 1.807) is 0 Å². The third kappa shape index (κ3) is 6.42. The SMILES string of the molecule is Cc1nn(CC(C)C)c(C)c1CC(=O)OCC(=O)Nc1c(C(C)C)cccc1C(C)C. The Morgan fingerprint density at radius 2 is 1.61 bits per heavy atom. The summed E-state index contributed by atoms with van der Waals surface area (Å²) >= 11 is 0. The Balaban J connectivity index is 2.03. The first-order chi connectivity index (χ1) is 14.5. The van der Waals surface area contributed by atoms with Crippen LogP contribution >= 0.6 is 0 Å². The smallest absolute Gasteiger partial charge is 0.310 e. The molecule has 6 nitrogen and oxygen atoms in total. The molecule has 1 amide bonds. The van der Waals surface area contributed by atoms with Crippen molar-refractivity contribution >= 4 is 17.6 Å². The van der Waals surface area contributed by atoms with Gasteiger partial charge >= 0.3 is 5.97 Å². The van der Waals surface area contributed by atoms with Gasteiger partial charge in [-0.05, 0) is 42.7 Å². The maximum absolute atomic E-state index is 12.6. The largest absolute Gasteiger partial charge is 0.455 e. The Bertz CT molecular complexity index is 900. The number of nitrogens with one attached hydrogen (secondary N) is 1. The zero-order valence-electron chi connectivity index (χ0n) is 20.2. The van der Waals surface area contributed by atoms with Gasteiger partial charge in [-0.25, -0.2) is 0 Å². The number of para-hydroxylation sites is 1. The van der Waals surface area contributed by atoms with Gasteiger partial charge in [-0.2, -0.15) is 5.10 Å². The van der Waals surface area contributed by atoms with Gasteiger partial charge in [-0.15, -0.1) is 0 Å². The van der Waals surface area contributed by atoms with Crippen molar-refractivity contribution in [1.82, 2.24) is 9.78 Å². The second kappa shape index (κ2) is 10.6. The van der Waals surface area contributed by atoms with Gasteiger partial charge in [0.2, 0.25) is 0 Å². The molecule has 0 spiro atoms. The fourth-order valence-electron chi connectivity index (χ4n) is 3.73. The molecule has 0 atom stereocenters. The maximum atomic E-state index is 12.6. The Morgan fingerprint density at radius 3 is 2.13 bits per heavy atom. The van der Waals surface area contributed by atoms with Gasteiger partial charge in [0.25, 0.3) is 5.91 Å². The molecule has 0 aliphatic heterocycles. The minimum absolute atomic E-state index is 0.114. The highest BCUT2D eigenvalue weighted by Gasteiger charge is 2.19. The Hall–Kier alpha value is -2.63. The number of carbonyl (C=O) groups excluding carboxylic acids is 2. The van der Waals surface area contributed by atoms with Gasteiger partial charge in [-0.1, -0.05) is 59.7 Å². The van der Waals surface area contributed by atoms with Crippen LogP contribution in [0.25, 0.3) is 0 Å². The molecule has 0 unspecified atom stereocenters. The minimum Gasteiger partial charge on any atom is -0.455 e. The van der Waals surface area contributed by atoms with E-state index in [0.717, 1.165) is 40.3 Å². The number of ether oxygens (including phenoxy) is 1. The van der Waals surface area contributed by atoms with E-state index >= 15 is 0 Å². The summed E-state index contributed by atoms with van der Waals surface area (Å²) in [7, 11) is 0. The molecule has 2 rings (SSSR count). The second-order valence-electron chi connectivity index (χ2n) is 9.23. The summed E-state index contributed by atoms with van der Waals surface area (Å²) in [5.41, 5.74) is 5.66. The number of aryl methyl sites for hydroxylation is 1. The van der Waals surface area contributed by atoms with Gasteiger partial charge in [0.05, 0.1) is 12.1 Å². The zero-order valence-corrected chi connectivity index (χ0v) is 20.2. The highest BCUT2D eigenvalue weighted by molar-refractivity contribution is 5.94. The van der Waals surface area contributed by atoms with Crippen molar-refractivity contribution in [2.75, 3.05) is 11.9 Å². The number of esters is 1. The molecule has 31 heavy (non-hydrogen) atoms. The Kier molecular flexibility index (Phi) is 8.43. The summed E-state index contributed by atoms with van der Waals surface area (Å²) in [4.78, 5) is 25.0. The first-order valence-corrected chi connectivity index (χ1v) is 11.1. The summed E-state index contributed by atoms with van der Waals surface area (Å²) in [6.45, 7) is 17.0. The fourth-order valence-corrected chi connectivity index (χ4v) is 3.73. The van der Waals surface area contributed by atoms with E-state index in [-0.39, 0.29) is 30.8 Å². The van der Waals surface area contributed by atoms with Crippen LogP contribution in [0, 0.1) is 19.8 Å². The molecule has 6 heteroatoms. The van der Waals surface area contributed by atoms with Crippen molar-refractivity contribution in [3.05, 3.63) is 46.3 Å². The van der Waals surface area contributed by atoms with Gasteiger partial charge in [-0.3, -0.25) is 14.3 Å². The molecular weight excluding hydrogens is 390 g/mol.